The Balaban J connectivity index is 1.36. The molecular weight excluding hydrogens is 745 g/mol. The van der Waals surface area contributed by atoms with Crippen molar-refractivity contribution in [1.82, 2.24) is 30.2 Å². The fourth-order valence-corrected chi connectivity index (χ4v) is 9.26. The molecule has 3 fully saturated rings. The highest BCUT2D eigenvalue weighted by Crippen LogP contribution is 2.58. The predicted octanol–water partition coefficient (Wildman–Crippen LogP) is 11.4. The van der Waals surface area contributed by atoms with Crippen LogP contribution in [0.1, 0.15) is 157 Å². The Morgan fingerprint density at radius 2 is 1.24 bits per heavy atom. The summed E-state index contributed by atoms with van der Waals surface area (Å²) in [4.78, 5) is 39.5. The first-order valence-corrected chi connectivity index (χ1v) is 25.1. The number of alkyl carbamates (subject to hydrolysis) is 2. The van der Waals surface area contributed by atoms with Gasteiger partial charge in [-0.2, -0.15) is 0 Å². The Morgan fingerprint density at radius 3 is 1.72 bits per heavy atom. The lowest BCUT2D eigenvalue weighted by molar-refractivity contribution is 0.0437. The summed E-state index contributed by atoms with van der Waals surface area (Å²) >= 11 is 0. The molecule has 2 bridgehead atoms. The van der Waals surface area contributed by atoms with Crippen molar-refractivity contribution in [3.05, 3.63) is 59.6 Å². The van der Waals surface area contributed by atoms with Crippen LogP contribution >= 0.6 is 0 Å². The predicted molar refractivity (Wildman–Crippen MR) is 235 cm³/mol. The van der Waals surface area contributed by atoms with Gasteiger partial charge in [0, 0.05) is 32.0 Å². The van der Waals surface area contributed by atoms with Gasteiger partial charge < -0.3 is 34.4 Å². The van der Waals surface area contributed by atoms with Crippen molar-refractivity contribution in [3.8, 4) is 11.3 Å². The fraction of sp³-hybridized carbons (Fsp3) is 0.696. The van der Waals surface area contributed by atoms with E-state index >= 15 is 0 Å². The monoisotopic (exact) mass is 819 g/mol. The number of fused-ring (bicyclic) bond motifs is 3. The third kappa shape index (κ3) is 11.1. The molecule has 322 valence electrons. The van der Waals surface area contributed by atoms with Crippen LogP contribution in [0.5, 0.6) is 0 Å². The number of hydrogen-bond acceptors (Lipinski definition) is 7. The minimum Gasteiger partial charge on any atom is -0.444 e. The Morgan fingerprint density at radius 1 is 0.741 bits per heavy atom. The summed E-state index contributed by atoms with van der Waals surface area (Å²) in [5.41, 5.74) is 2.97. The third-order valence-corrected chi connectivity index (χ3v) is 13.6. The molecular formula is C46H74N6O5Si. The van der Waals surface area contributed by atoms with Gasteiger partial charge >= 0.3 is 12.2 Å². The van der Waals surface area contributed by atoms with Crippen molar-refractivity contribution < 1.29 is 23.8 Å². The Labute approximate surface area is 349 Å². The average molecular weight is 819 g/mol. The van der Waals surface area contributed by atoms with E-state index in [9.17, 15) is 9.59 Å². The summed E-state index contributed by atoms with van der Waals surface area (Å²) in [6.45, 7) is 32.0. The lowest BCUT2D eigenvalue weighted by Gasteiger charge is -2.53. The second kappa shape index (κ2) is 16.4. The highest BCUT2D eigenvalue weighted by atomic mass is 28.3. The van der Waals surface area contributed by atoms with Crippen molar-refractivity contribution in [2.24, 2.45) is 10.8 Å². The maximum Gasteiger partial charge on any atom is 0.408 e. The zero-order chi connectivity index (χ0) is 43.1. The van der Waals surface area contributed by atoms with Crippen LogP contribution in [-0.2, 0) is 31.8 Å². The molecule has 2 atom stereocenters. The van der Waals surface area contributed by atoms with E-state index in [4.69, 9.17) is 24.2 Å². The molecule has 0 radical (unpaired) electrons. The van der Waals surface area contributed by atoms with E-state index in [1.807, 2.05) is 53.9 Å². The van der Waals surface area contributed by atoms with E-state index in [-0.39, 0.29) is 27.7 Å². The normalized spacial score (nSPS) is 21.4. The quantitative estimate of drug-likeness (QED) is 0.122. The first-order chi connectivity index (χ1) is 26.6. The highest BCUT2D eigenvalue weighted by Gasteiger charge is 2.51. The smallest absolute Gasteiger partial charge is 0.408 e. The van der Waals surface area contributed by atoms with Gasteiger partial charge in [0.2, 0.25) is 0 Å². The molecule has 0 saturated heterocycles. The number of nitrogens with one attached hydrogen (secondary N) is 3. The SMILES string of the molecule is CC(C)(C)OC(=O)N[C@H](c1ncc(C23CCC(c4ccc(-c5cnc([C@@H](NC(=O)OC(C)(C)C)C(C)(C)C)n5COCC[Si](C)(C)C)cc4)(CC2)CC3)[nH]1)C(C)(C)C. The van der Waals surface area contributed by atoms with Gasteiger partial charge in [-0.25, -0.2) is 19.6 Å². The Bertz CT molecular complexity index is 1860. The lowest BCUT2D eigenvalue weighted by Crippen LogP contribution is -2.46. The van der Waals surface area contributed by atoms with Crippen LogP contribution < -0.4 is 10.6 Å². The van der Waals surface area contributed by atoms with Gasteiger partial charge in [-0.15, -0.1) is 0 Å². The molecule has 12 heteroatoms. The number of amides is 2. The van der Waals surface area contributed by atoms with Gasteiger partial charge in [0.05, 0.1) is 24.0 Å². The maximum absolute atomic E-state index is 13.1. The molecule has 1 aromatic carbocycles. The van der Waals surface area contributed by atoms with E-state index in [0.717, 1.165) is 67.5 Å². The zero-order valence-electron chi connectivity index (χ0n) is 38.4. The molecule has 58 heavy (non-hydrogen) atoms. The summed E-state index contributed by atoms with van der Waals surface area (Å²) < 4.78 is 19.8. The lowest BCUT2D eigenvalue weighted by atomic mass is 9.51. The molecule has 0 unspecified atom stereocenters. The minimum atomic E-state index is -1.29. The number of imidazole rings is 2. The number of carbonyl (C=O) groups is 2. The van der Waals surface area contributed by atoms with Crippen molar-refractivity contribution in [2.75, 3.05) is 6.61 Å². The van der Waals surface area contributed by atoms with Gasteiger partial charge in [0.15, 0.2) is 0 Å². The number of ether oxygens (including phenoxy) is 3. The van der Waals surface area contributed by atoms with Crippen LogP contribution in [0.2, 0.25) is 25.7 Å². The van der Waals surface area contributed by atoms with Crippen LogP contribution in [0.25, 0.3) is 11.3 Å². The van der Waals surface area contributed by atoms with Gasteiger partial charge in [-0.1, -0.05) is 85.4 Å². The molecule has 2 amide bonds. The molecule has 2 aromatic heterocycles. The van der Waals surface area contributed by atoms with Crippen molar-refractivity contribution in [1.29, 1.82) is 0 Å². The number of benzene rings is 1. The minimum absolute atomic E-state index is 0.0522. The summed E-state index contributed by atoms with van der Waals surface area (Å²) in [5, 5.41) is 6.23. The third-order valence-electron chi connectivity index (χ3n) is 11.9. The number of H-pyrrole nitrogens is 1. The number of rotatable bonds is 12. The number of nitrogens with zero attached hydrogens (tertiary/aromatic N) is 3. The molecule has 3 aliphatic carbocycles. The fourth-order valence-electron chi connectivity index (χ4n) is 8.50. The molecule has 0 spiro atoms. The van der Waals surface area contributed by atoms with Crippen LogP contribution in [0, 0.1) is 10.8 Å². The first kappa shape index (κ1) is 45.4. The molecule has 0 aliphatic heterocycles. The first-order valence-electron chi connectivity index (χ1n) is 21.4. The number of carbonyl (C=O) groups excluding carboxylic acids is 2. The highest BCUT2D eigenvalue weighted by molar-refractivity contribution is 6.76. The molecule has 3 saturated carbocycles. The average Bonchev–Trinajstić information content (AvgIpc) is 3.74. The van der Waals surface area contributed by atoms with Crippen LogP contribution in [0.3, 0.4) is 0 Å². The topological polar surface area (TPSA) is 132 Å². The van der Waals surface area contributed by atoms with E-state index in [1.54, 1.807) is 0 Å². The summed E-state index contributed by atoms with van der Waals surface area (Å²) in [6, 6.07) is 9.45. The van der Waals surface area contributed by atoms with Gasteiger partial charge in [0.25, 0.3) is 0 Å². The molecule has 11 nitrogen and oxygen atoms in total. The Hall–Kier alpha value is -3.64. The van der Waals surface area contributed by atoms with E-state index in [2.05, 4.69) is 106 Å². The Kier molecular flexibility index (Phi) is 12.9. The zero-order valence-corrected chi connectivity index (χ0v) is 39.4. The summed E-state index contributed by atoms with van der Waals surface area (Å²) in [5.74, 6) is 1.52. The van der Waals surface area contributed by atoms with Crippen molar-refractivity contribution >= 4 is 20.3 Å². The molecule has 6 rings (SSSR count). The van der Waals surface area contributed by atoms with Crippen LogP contribution in [-0.4, -0.2) is 57.6 Å². The maximum atomic E-state index is 13.1. The van der Waals surface area contributed by atoms with Crippen LogP contribution in [0.4, 0.5) is 9.59 Å². The largest absolute Gasteiger partial charge is 0.444 e. The van der Waals surface area contributed by atoms with E-state index < -0.39 is 37.5 Å². The standard InChI is InChI=1S/C46H74N6O5Si/c1-41(2,3)35(50-39(53)56-43(7,8)9)37-47-29-34(49-37)46-23-20-45(21-24-46,22-25-46)32-18-16-31(17-19-32)33-28-48-38(52(33)30-55-26-27-58(13,14)15)36(42(4,5)6)51-40(54)57-44(10,11)12/h16-19,28-29,35-36H,20-27,30H2,1-15H3,(H,47,49)(H,50,53)(H,51,54)/t35-,36-,45?,46?/m1/s1. The van der Waals surface area contributed by atoms with Crippen molar-refractivity contribution in [2.45, 2.75) is 188 Å². The molecule has 3 aliphatic rings. The second-order valence-electron chi connectivity index (χ2n) is 22.5. The number of hydrogen-bond donors (Lipinski definition) is 3. The molecule has 3 aromatic rings. The van der Waals surface area contributed by atoms with Gasteiger partial charge in [-0.05, 0) is 113 Å². The van der Waals surface area contributed by atoms with Gasteiger partial charge in [0.1, 0.15) is 29.6 Å². The summed E-state index contributed by atoms with van der Waals surface area (Å²) in [7, 11) is -1.29. The van der Waals surface area contributed by atoms with Crippen LogP contribution in [0.15, 0.2) is 36.7 Å². The van der Waals surface area contributed by atoms with Gasteiger partial charge in [-0.3, -0.25) is 0 Å². The number of aromatic nitrogens is 4. The number of aromatic amines is 1. The second-order valence-corrected chi connectivity index (χ2v) is 28.1. The molecule has 2 heterocycles. The summed E-state index contributed by atoms with van der Waals surface area (Å²) in [6.07, 6.45) is 9.60. The molecule has 3 N–H and O–H groups in total. The van der Waals surface area contributed by atoms with E-state index in [1.165, 1.54) is 11.3 Å². The van der Waals surface area contributed by atoms with E-state index in [0.29, 0.717) is 13.3 Å². The van der Waals surface area contributed by atoms with Crippen molar-refractivity contribution in [3.63, 3.8) is 0 Å².